The van der Waals surface area contributed by atoms with Crippen molar-refractivity contribution in [3.05, 3.63) is 88.2 Å². The maximum atomic E-state index is 14.1. The number of carbonyl (C=O) groups excluding carboxylic acids is 5. The summed E-state index contributed by atoms with van der Waals surface area (Å²) in [7, 11) is 1.51. The van der Waals surface area contributed by atoms with Crippen LogP contribution in [0, 0.1) is 16.7 Å². The minimum Gasteiger partial charge on any atom is -0.495 e. The van der Waals surface area contributed by atoms with Crippen LogP contribution in [0.3, 0.4) is 0 Å². The summed E-state index contributed by atoms with van der Waals surface area (Å²) >= 11 is 6.40. The predicted molar refractivity (Wildman–Crippen MR) is 237 cm³/mol. The van der Waals surface area contributed by atoms with Gasteiger partial charge in [-0.2, -0.15) is 0 Å². The number of hydrogen-bond acceptors (Lipinski definition) is 11. The lowest BCUT2D eigenvalue weighted by atomic mass is 9.82. The number of carbonyl (C=O) groups is 5. The zero-order valence-corrected chi connectivity index (χ0v) is 38.6. The number of ketones is 1. The molecular formula is C47H63ClN6O9. The molecule has 3 aromatic rings. The Morgan fingerprint density at radius 2 is 1.75 bits per heavy atom. The molecule has 0 bridgehead atoms. The molecule has 63 heavy (non-hydrogen) atoms. The molecule has 1 fully saturated rings. The number of epoxide rings is 1. The summed E-state index contributed by atoms with van der Waals surface area (Å²) in [6.07, 6.45) is 4.94. The van der Waals surface area contributed by atoms with Crippen molar-refractivity contribution in [1.29, 1.82) is 0 Å². The monoisotopic (exact) mass is 890 g/mol. The summed E-state index contributed by atoms with van der Waals surface area (Å²) in [5.74, 6) is -1.73. The summed E-state index contributed by atoms with van der Waals surface area (Å²) in [5.41, 5.74) is 1.78. The molecule has 3 heterocycles. The van der Waals surface area contributed by atoms with Gasteiger partial charge in [-0.05, 0) is 67.5 Å². The van der Waals surface area contributed by atoms with Crippen molar-refractivity contribution in [2.24, 2.45) is 16.7 Å². The number of aromatic nitrogens is 3. The Balaban J connectivity index is 1.32. The lowest BCUT2D eigenvalue weighted by Gasteiger charge is -2.35. The van der Waals surface area contributed by atoms with Crippen LogP contribution in [-0.4, -0.2) is 88.5 Å². The first-order chi connectivity index (χ1) is 29.8. The topological polar surface area (TPSA) is 192 Å². The van der Waals surface area contributed by atoms with E-state index in [4.69, 9.17) is 30.5 Å². The number of hydrogen-bond donors (Lipinski definition) is 3. The Morgan fingerprint density at radius 1 is 1.03 bits per heavy atom. The van der Waals surface area contributed by atoms with Gasteiger partial charge >= 0.3 is 5.97 Å². The maximum Gasteiger partial charge on any atom is 0.328 e. The van der Waals surface area contributed by atoms with Gasteiger partial charge in [-0.3, -0.25) is 19.2 Å². The van der Waals surface area contributed by atoms with Gasteiger partial charge in [-0.25, -0.2) is 9.48 Å². The van der Waals surface area contributed by atoms with E-state index in [0.29, 0.717) is 54.4 Å². The van der Waals surface area contributed by atoms with Gasteiger partial charge in [0.25, 0.3) is 0 Å². The van der Waals surface area contributed by atoms with Crippen LogP contribution >= 0.6 is 11.6 Å². The second-order valence-electron chi connectivity index (χ2n) is 18.3. The summed E-state index contributed by atoms with van der Waals surface area (Å²) in [5, 5.41) is 17.5. The molecule has 15 nitrogen and oxygen atoms in total. The number of benzene rings is 2. The first-order valence-corrected chi connectivity index (χ1v) is 22.0. The van der Waals surface area contributed by atoms with Gasteiger partial charge in [0.1, 0.15) is 41.5 Å². The Labute approximate surface area is 375 Å². The highest BCUT2D eigenvalue weighted by atomic mass is 35.5. The lowest BCUT2D eigenvalue weighted by molar-refractivity contribution is -0.157. The third-order valence-corrected chi connectivity index (χ3v) is 12.0. The Hall–Kier alpha value is -5.12. The van der Waals surface area contributed by atoms with Crippen molar-refractivity contribution in [2.75, 3.05) is 13.7 Å². The molecule has 0 spiro atoms. The molecule has 16 heteroatoms. The number of nitrogens with zero attached hydrogens (tertiary/aromatic N) is 3. The van der Waals surface area contributed by atoms with Crippen molar-refractivity contribution in [1.82, 2.24) is 30.9 Å². The minimum atomic E-state index is -1.18. The number of ether oxygens (including phenoxy) is 4. The summed E-state index contributed by atoms with van der Waals surface area (Å²) in [6.45, 7) is 15.9. The third kappa shape index (κ3) is 13.9. The number of nitrogens with one attached hydrogen (secondary N) is 3. The van der Waals surface area contributed by atoms with E-state index in [1.54, 1.807) is 49.7 Å². The highest BCUT2D eigenvalue weighted by molar-refractivity contribution is 6.32. The smallest absolute Gasteiger partial charge is 0.328 e. The highest BCUT2D eigenvalue weighted by Gasteiger charge is 2.48. The van der Waals surface area contributed by atoms with Gasteiger partial charge in [0.2, 0.25) is 17.7 Å². The molecule has 2 aromatic carbocycles. The molecule has 2 aliphatic rings. The van der Waals surface area contributed by atoms with E-state index in [1.165, 1.54) is 13.2 Å². The van der Waals surface area contributed by atoms with Crippen LogP contribution < -0.4 is 20.7 Å². The standard InChI is InChI=1S/C47H63ClN6O9/c1-10-34(55)20-21-61-27-33-26-54(53-52-33)25-30-14-17-32(18-15-30)42-41(63-42)28(2)38-12-11-13-40(56)50-36(23-31-16-19-39(60-9)35(48)22-31)43(57)49-29(3)47(7,8)45(59)51-37(44(58)62-38)24-46(4,5)6/h11,13-19,22,26,28-29,36-38,41-42H,10,12,20-21,23-25,27H2,1-9H3,(H,49,57)(H,50,56)(H,51,59)/b13-11+/t28-,29-,36+,37-,38+,41+,42+/m0/s1. The predicted octanol–water partition coefficient (Wildman–Crippen LogP) is 6.00. The number of Topliss-reactive ketones (excluding diaryl/α,β-unsaturated/α-hetero) is 1. The zero-order chi connectivity index (χ0) is 46.1. The summed E-state index contributed by atoms with van der Waals surface area (Å²) in [4.78, 5) is 67.0. The minimum absolute atomic E-state index is 0.113. The van der Waals surface area contributed by atoms with Crippen LogP contribution in [0.25, 0.3) is 0 Å². The number of amides is 3. The van der Waals surface area contributed by atoms with E-state index >= 15 is 0 Å². The Bertz CT molecular complexity index is 2110. The molecule has 0 unspecified atom stereocenters. The fraction of sp³-hybridized carbons (Fsp3) is 0.553. The molecule has 0 radical (unpaired) electrons. The molecular weight excluding hydrogens is 828 g/mol. The first kappa shape index (κ1) is 48.9. The summed E-state index contributed by atoms with van der Waals surface area (Å²) < 4.78 is 25.1. The molecule has 342 valence electrons. The van der Waals surface area contributed by atoms with Gasteiger partial charge in [-0.15, -0.1) is 5.10 Å². The normalized spacial score (nSPS) is 24.3. The lowest BCUT2D eigenvalue weighted by Crippen LogP contribution is -2.58. The SMILES string of the molecule is CCC(=O)CCOCc1cn(Cc2ccc([C@H]3O[C@@H]3[C@@H](C)[C@H]3C/C=C/C(=O)N[C@H](Cc4ccc(OC)c(Cl)c4)C(=O)N[C@@H](C)C(C)(C)C(=O)N[C@@H](CC(C)(C)C)C(=O)O3)cc2)nn1. The fourth-order valence-electron chi connectivity index (χ4n) is 7.28. The van der Waals surface area contributed by atoms with Crippen molar-refractivity contribution < 1.29 is 42.9 Å². The molecule has 1 aromatic heterocycles. The van der Waals surface area contributed by atoms with Crippen LogP contribution in [0.1, 0.15) is 110 Å². The van der Waals surface area contributed by atoms with E-state index in [9.17, 15) is 24.0 Å². The van der Waals surface area contributed by atoms with Gasteiger partial charge in [0.05, 0.1) is 49.6 Å². The van der Waals surface area contributed by atoms with Crippen molar-refractivity contribution in [3.8, 4) is 5.75 Å². The number of methoxy groups -OCH3 is 1. The van der Waals surface area contributed by atoms with Crippen molar-refractivity contribution in [3.63, 3.8) is 0 Å². The van der Waals surface area contributed by atoms with Crippen molar-refractivity contribution >= 4 is 41.1 Å². The largest absolute Gasteiger partial charge is 0.495 e. The van der Waals surface area contributed by atoms with Crippen LogP contribution in [0.4, 0.5) is 0 Å². The first-order valence-electron chi connectivity index (χ1n) is 21.6. The second-order valence-corrected chi connectivity index (χ2v) is 18.7. The van der Waals surface area contributed by atoms with Crippen LogP contribution in [0.5, 0.6) is 5.75 Å². The fourth-order valence-corrected chi connectivity index (χ4v) is 7.56. The van der Waals surface area contributed by atoms with E-state index in [1.807, 2.05) is 65.1 Å². The van der Waals surface area contributed by atoms with E-state index in [0.717, 1.165) is 11.1 Å². The average molecular weight is 892 g/mol. The zero-order valence-electron chi connectivity index (χ0n) is 37.9. The number of cyclic esters (lactones) is 1. The molecule has 0 aliphatic carbocycles. The Morgan fingerprint density at radius 3 is 2.41 bits per heavy atom. The molecule has 2 aliphatic heterocycles. The second kappa shape index (κ2) is 21.5. The van der Waals surface area contributed by atoms with Crippen LogP contribution in [0.2, 0.25) is 5.02 Å². The van der Waals surface area contributed by atoms with E-state index < -0.39 is 53.3 Å². The van der Waals surface area contributed by atoms with Gasteiger partial charge < -0.3 is 34.9 Å². The molecule has 3 N–H and O–H groups in total. The maximum absolute atomic E-state index is 14.1. The third-order valence-electron chi connectivity index (χ3n) is 11.7. The summed E-state index contributed by atoms with van der Waals surface area (Å²) in [6, 6.07) is 10.4. The van der Waals surface area contributed by atoms with Gasteiger partial charge in [0.15, 0.2) is 0 Å². The number of halogens is 1. The molecule has 7 atom stereocenters. The average Bonchev–Trinajstić information content (AvgIpc) is 3.91. The van der Waals surface area contributed by atoms with Crippen molar-refractivity contribution in [2.45, 2.75) is 137 Å². The number of esters is 1. The molecule has 3 amide bonds. The quantitative estimate of drug-likeness (QED) is 0.0921. The highest BCUT2D eigenvalue weighted by Crippen LogP contribution is 2.45. The molecule has 1 saturated heterocycles. The van der Waals surface area contributed by atoms with E-state index in [-0.39, 0.29) is 48.8 Å². The Kier molecular flexibility index (Phi) is 16.7. The van der Waals surface area contributed by atoms with E-state index in [2.05, 4.69) is 26.3 Å². The van der Waals surface area contributed by atoms with Gasteiger partial charge in [-0.1, -0.05) is 87.8 Å². The van der Waals surface area contributed by atoms with Crippen LogP contribution in [-0.2, 0) is 57.8 Å². The number of rotatable bonds is 15. The molecule has 0 saturated carbocycles. The van der Waals surface area contributed by atoms with Crippen LogP contribution in [0.15, 0.2) is 60.8 Å². The van der Waals surface area contributed by atoms with Gasteiger partial charge in [0, 0.05) is 37.6 Å². The molecule has 5 rings (SSSR count).